The first-order chi connectivity index (χ1) is 7.77. The smallest absolute Gasteiger partial charge is 0.125 e. The van der Waals surface area contributed by atoms with Gasteiger partial charge >= 0.3 is 0 Å². The Morgan fingerprint density at radius 1 is 1.56 bits per heavy atom. The lowest BCUT2D eigenvalue weighted by Crippen LogP contribution is -2.13. The zero-order valence-electron chi connectivity index (χ0n) is 9.35. The fourth-order valence-corrected chi connectivity index (χ4v) is 2.09. The highest BCUT2D eigenvalue weighted by atomic mass is 35.5. The van der Waals surface area contributed by atoms with E-state index in [1.165, 1.54) is 0 Å². The third-order valence-electron chi connectivity index (χ3n) is 2.53. The van der Waals surface area contributed by atoms with Gasteiger partial charge in [0.15, 0.2) is 0 Å². The van der Waals surface area contributed by atoms with Gasteiger partial charge in [-0.1, -0.05) is 0 Å². The van der Waals surface area contributed by atoms with Crippen LogP contribution in [0.5, 0.6) is 0 Å². The maximum Gasteiger partial charge on any atom is 0.125 e. The van der Waals surface area contributed by atoms with E-state index in [9.17, 15) is 0 Å². The summed E-state index contributed by atoms with van der Waals surface area (Å²) in [5.74, 6) is 1.25. The number of alkyl halides is 1. The van der Waals surface area contributed by atoms with E-state index in [0.29, 0.717) is 12.5 Å². The highest BCUT2D eigenvalue weighted by Crippen LogP contribution is 2.21. The topological polar surface area (TPSA) is 39.9 Å². The number of rotatable bonds is 4. The third-order valence-corrected chi connectivity index (χ3v) is 2.77. The molecule has 2 aromatic rings. The summed E-state index contributed by atoms with van der Waals surface area (Å²) >= 11 is 5.90. The van der Waals surface area contributed by atoms with Crippen molar-refractivity contribution < 1.29 is 4.74 Å². The van der Waals surface area contributed by atoms with Crippen molar-refractivity contribution in [2.45, 2.75) is 18.8 Å². The van der Waals surface area contributed by atoms with Gasteiger partial charge in [0.25, 0.3) is 0 Å². The molecule has 0 fully saturated rings. The molecule has 5 heteroatoms. The molecule has 16 heavy (non-hydrogen) atoms. The molecule has 0 aliphatic carbocycles. The summed E-state index contributed by atoms with van der Waals surface area (Å²) in [6.07, 6.45) is 3.51. The molecular weight excluding hydrogens is 226 g/mol. The van der Waals surface area contributed by atoms with Crippen LogP contribution in [0.15, 0.2) is 18.5 Å². The zero-order chi connectivity index (χ0) is 11.5. The quantitative estimate of drug-likeness (QED) is 0.769. The summed E-state index contributed by atoms with van der Waals surface area (Å²) in [5, 5.41) is 0. The van der Waals surface area contributed by atoms with E-state index in [2.05, 4.69) is 21.5 Å². The zero-order valence-corrected chi connectivity index (χ0v) is 10.1. The fourth-order valence-electron chi connectivity index (χ4n) is 1.90. The lowest BCUT2D eigenvalue weighted by molar-refractivity contribution is 0.163. The Bertz CT molecular complexity index is 483. The molecule has 0 bridgehead atoms. The van der Waals surface area contributed by atoms with Crippen molar-refractivity contribution in [3.63, 3.8) is 0 Å². The lowest BCUT2D eigenvalue weighted by Gasteiger charge is -2.15. The second kappa shape index (κ2) is 4.80. The van der Waals surface area contributed by atoms with Gasteiger partial charge in [0, 0.05) is 13.3 Å². The van der Waals surface area contributed by atoms with Crippen LogP contribution in [-0.2, 0) is 10.6 Å². The van der Waals surface area contributed by atoms with Crippen LogP contribution >= 0.6 is 11.6 Å². The molecule has 0 radical (unpaired) electrons. The number of hydrogen-bond donors (Lipinski definition) is 0. The number of fused-ring (bicyclic) bond motifs is 1. The van der Waals surface area contributed by atoms with Crippen LogP contribution in [0.2, 0.25) is 0 Å². The number of methoxy groups -OCH3 is 1. The van der Waals surface area contributed by atoms with Gasteiger partial charge in [-0.3, -0.25) is 4.98 Å². The van der Waals surface area contributed by atoms with Crippen molar-refractivity contribution in [2.24, 2.45) is 0 Å². The van der Waals surface area contributed by atoms with Crippen LogP contribution in [0.4, 0.5) is 0 Å². The predicted octanol–water partition coefficient (Wildman–Crippen LogP) is 2.38. The van der Waals surface area contributed by atoms with E-state index in [0.717, 1.165) is 16.9 Å². The maximum atomic E-state index is 5.90. The Morgan fingerprint density at radius 3 is 3.06 bits per heavy atom. The molecule has 2 heterocycles. The lowest BCUT2D eigenvalue weighted by atomic mass is 10.3. The summed E-state index contributed by atoms with van der Waals surface area (Å²) in [7, 11) is 1.69. The van der Waals surface area contributed by atoms with Crippen LogP contribution < -0.4 is 0 Å². The Labute approximate surface area is 99.2 Å². The van der Waals surface area contributed by atoms with Gasteiger partial charge in [-0.15, -0.1) is 11.6 Å². The van der Waals surface area contributed by atoms with Crippen molar-refractivity contribution in [1.29, 1.82) is 0 Å². The van der Waals surface area contributed by atoms with Crippen molar-refractivity contribution in [3.8, 4) is 0 Å². The van der Waals surface area contributed by atoms with Gasteiger partial charge in [0.2, 0.25) is 0 Å². The van der Waals surface area contributed by atoms with Crippen molar-refractivity contribution in [1.82, 2.24) is 14.5 Å². The van der Waals surface area contributed by atoms with E-state index in [1.54, 1.807) is 19.5 Å². The largest absolute Gasteiger partial charge is 0.383 e. The first kappa shape index (κ1) is 11.4. The molecule has 0 amide bonds. The number of ether oxygens (including phenoxy) is 1. The van der Waals surface area contributed by atoms with Gasteiger partial charge in [0.1, 0.15) is 11.3 Å². The highest BCUT2D eigenvalue weighted by Gasteiger charge is 2.14. The summed E-state index contributed by atoms with van der Waals surface area (Å²) < 4.78 is 7.27. The average molecular weight is 240 g/mol. The highest BCUT2D eigenvalue weighted by molar-refractivity contribution is 6.16. The fraction of sp³-hybridized carbons (Fsp3) is 0.455. The molecule has 4 nitrogen and oxygen atoms in total. The Kier molecular flexibility index (Phi) is 3.41. The molecule has 0 aliphatic rings. The van der Waals surface area contributed by atoms with E-state index < -0.39 is 0 Å². The second-order valence-corrected chi connectivity index (χ2v) is 3.97. The van der Waals surface area contributed by atoms with Crippen molar-refractivity contribution in [3.05, 3.63) is 24.3 Å². The molecule has 0 saturated heterocycles. The normalized spacial score (nSPS) is 13.2. The van der Waals surface area contributed by atoms with Crippen LogP contribution in [0.25, 0.3) is 11.0 Å². The Hall–Kier alpha value is -1.13. The summed E-state index contributed by atoms with van der Waals surface area (Å²) in [6, 6.07) is 2.16. The van der Waals surface area contributed by atoms with Crippen LogP contribution in [-0.4, -0.2) is 28.3 Å². The van der Waals surface area contributed by atoms with Crippen LogP contribution in [0.1, 0.15) is 18.8 Å². The number of pyridine rings is 1. The minimum Gasteiger partial charge on any atom is -0.383 e. The molecular formula is C11H14ClN3O. The monoisotopic (exact) mass is 239 g/mol. The number of imidazole rings is 1. The molecule has 0 N–H and O–H groups in total. The number of halogens is 1. The van der Waals surface area contributed by atoms with Crippen molar-refractivity contribution in [2.75, 3.05) is 13.7 Å². The maximum absolute atomic E-state index is 5.90. The molecule has 0 saturated carbocycles. The number of hydrogen-bond acceptors (Lipinski definition) is 3. The molecule has 86 valence electrons. The minimum atomic E-state index is 0.214. The number of aromatic nitrogens is 3. The number of nitrogens with zero attached hydrogens (tertiary/aromatic N) is 3. The second-order valence-electron chi connectivity index (χ2n) is 3.70. The SMILES string of the molecule is COCC(C)n1c(CCl)nc2cnccc21. The first-order valence-corrected chi connectivity index (χ1v) is 5.67. The molecule has 1 atom stereocenters. The van der Waals surface area contributed by atoms with E-state index in [-0.39, 0.29) is 6.04 Å². The average Bonchev–Trinajstić information content (AvgIpc) is 2.67. The summed E-state index contributed by atoms with van der Waals surface area (Å²) in [6.45, 7) is 2.72. The van der Waals surface area contributed by atoms with Gasteiger partial charge in [-0.05, 0) is 13.0 Å². The molecule has 2 rings (SSSR count). The third kappa shape index (κ3) is 1.90. The van der Waals surface area contributed by atoms with Gasteiger partial charge in [-0.25, -0.2) is 4.98 Å². The molecule has 0 aromatic carbocycles. The Balaban J connectivity index is 2.55. The van der Waals surface area contributed by atoms with Gasteiger partial charge in [0.05, 0.1) is 30.2 Å². The van der Waals surface area contributed by atoms with Crippen LogP contribution in [0.3, 0.4) is 0 Å². The Morgan fingerprint density at radius 2 is 2.38 bits per heavy atom. The summed E-state index contributed by atoms with van der Waals surface area (Å²) in [4.78, 5) is 8.50. The van der Waals surface area contributed by atoms with Gasteiger partial charge < -0.3 is 9.30 Å². The van der Waals surface area contributed by atoms with E-state index in [4.69, 9.17) is 16.3 Å². The van der Waals surface area contributed by atoms with Crippen molar-refractivity contribution >= 4 is 22.6 Å². The molecule has 0 aliphatic heterocycles. The molecule has 2 aromatic heterocycles. The standard InChI is InChI=1S/C11H14ClN3O/c1-8(7-16-2)15-10-3-4-13-6-9(10)14-11(15)5-12/h3-4,6,8H,5,7H2,1-2H3. The predicted molar refractivity (Wildman–Crippen MR) is 63.7 cm³/mol. The first-order valence-electron chi connectivity index (χ1n) is 5.13. The minimum absolute atomic E-state index is 0.214. The van der Waals surface area contributed by atoms with E-state index >= 15 is 0 Å². The van der Waals surface area contributed by atoms with Gasteiger partial charge in [-0.2, -0.15) is 0 Å². The summed E-state index contributed by atoms with van der Waals surface area (Å²) in [5.41, 5.74) is 1.93. The van der Waals surface area contributed by atoms with E-state index in [1.807, 2.05) is 6.07 Å². The molecule has 0 spiro atoms. The molecule has 1 unspecified atom stereocenters. The van der Waals surface area contributed by atoms with Crippen LogP contribution in [0, 0.1) is 0 Å².